The van der Waals surface area contributed by atoms with E-state index in [2.05, 4.69) is 4.98 Å². The molecule has 1 aromatic carbocycles. The summed E-state index contributed by atoms with van der Waals surface area (Å²) in [5, 5.41) is 9.79. The van der Waals surface area contributed by atoms with Crippen LogP contribution in [0, 0.1) is 13.8 Å². The minimum Gasteiger partial charge on any atom is -0.478 e. The average Bonchev–Trinajstić information content (AvgIpc) is 2.26. The Hall–Kier alpha value is -2.01. The Labute approximate surface area is 115 Å². The highest BCUT2D eigenvalue weighted by molar-refractivity contribution is 7.99. The highest BCUT2D eigenvalue weighted by Gasteiger charge is 2.09. The van der Waals surface area contributed by atoms with Crippen LogP contribution >= 0.6 is 11.8 Å². The van der Waals surface area contributed by atoms with E-state index in [-0.39, 0.29) is 11.3 Å². The second-order valence-corrected chi connectivity index (χ2v) is 5.37. The first-order valence-corrected chi connectivity index (χ1v) is 6.53. The number of carboxylic acid groups (broad SMARTS) is 1. The fraction of sp³-hybridized carbons (Fsp3) is 0.143. The molecule has 0 atom stereocenters. The molecule has 0 aliphatic heterocycles. The van der Waals surface area contributed by atoms with Crippen LogP contribution in [0.3, 0.4) is 0 Å². The lowest BCUT2D eigenvalue weighted by Gasteiger charge is -2.06. The summed E-state index contributed by atoms with van der Waals surface area (Å²) in [7, 11) is 0. The predicted octanol–water partition coefficient (Wildman–Crippen LogP) is 3.13. The van der Waals surface area contributed by atoms with Gasteiger partial charge in [0, 0.05) is 16.3 Å². The molecule has 0 aliphatic carbocycles. The molecule has 0 radical (unpaired) electrons. The molecule has 98 valence electrons. The fourth-order valence-electron chi connectivity index (χ4n) is 1.78. The molecule has 0 saturated heterocycles. The smallest absolute Gasteiger partial charge is 0.337 e. The predicted molar refractivity (Wildman–Crippen MR) is 75.6 cm³/mol. The van der Waals surface area contributed by atoms with Gasteiger partial charge >= 0.3 is 5.97 Å². The molecule has 4 nitrogen and oxygen atoms in total. The van der Waals surface area contributed by atoms with Crippen molar-refractivity contribution < 1.29 is 9.90 Å². The van der Waals surface area contributed by atoms with Crippen LogP contribution in [-0.2, 0) is 0 Å². The normalized spacial score (nSPS) is 10.4. The maximum atomic E-state index is 10.9. The standard InChI is InChI=1S/C14H14N2O2S/c1-8-5-9(2)16-13(6-8)19-10-3-4-11(14(17)18)12(15)7-10/h3-7H,15H2,1-2H3,(H,17,18). The van der Waals surface area contributed by atoms with Crippen LogP contribution in [0.4, 0.5) is 5.69 Å². The first-order valence-electron chi connectivity index (χ1n) is 5.71. The zero-order chi connectivity index (χ0) is 14.0. The maximum Gasteiger partial charge on any atom is 0.337 e. The molecule has 0 unspecified atom stereocenters. The van der Waals surface area contributed by atoms with Crippen molar-refractivity contribution in [2.24, 2.45) is 0 Å². The van der Waals surface area contributed by atoms with Crippen LogP contribution in [0.25, 0.3) is 0 Å². The summed E-state index contributed by atoms with van der Waals surface area (Å²) in [6.45, 7) is 3.96. The number of benzene rings is 1. The van der Waals surface area contributed by atoms with Gasteiger partial charge in [-0.1, -0.05) is 11.8 Å². The van der Waals surface area contributed by atoms with E-state index < -0.39 is 5.97 Å². The Morgan fingerprint density at radius 1 is 1.26 bits per heavy atom. The van der Waals surface area contributed by atoms with Crippen LogP contribution in [-0.4, -0.2) is 16.1 Å². The molecule has 2 rings (SSSR count). The number of hydrogen-bond donors (Lipinski definition) is 2. The minimum absolute atomic E-state index is 0.123. The highest BCUT2D eigenvalue weighted by Crippen LogP contribution is 2.29. The lowest BCUT2D eigenvalue weighted by Crippen LogP contribution is -2.01. The van der Waals surface area contributed by atoms with Gasteiger partial charge in [-0.05, 0) is 49.7 Å². The number of aromatic carboxylic acids is 1. The molecule has 0 aliphatic rings. The third-order valence-electron chi connectivity index (χ3n) is 2.55. The number of aryl methyl sites for hydroxylation is 2. The third kappa shape index (κ3) is 3.26. The zero-order valence-corrected chi connectivity index (χ0v) is 11.5. The number of carboxylic acids is 1. The van der Waals surface area contributed by atoms with Crippen molar-refractivity contribution in [1.82, 2.24) is 4.98 Å². The van der Waals surface area contributed by atoms with E-state index in [4.69, 9.17) is 10.8 Å². The maximum absolute atomic E-state index is 10.9. The SMILES string of the molecule is Cc1cc(C)nc(Sc2ccc(C(=O)O)c(N)c2)c1. The van der Waals surface area contributed by atoms with Gasteiger partial charge in [0.1, 0.15) is 5.03 Å². The van der Waals surface area contributed by atoms with E-state index in [0.29, 0.717) is 0 Å². The molecule has 5 heteroatoms. The van der Waals surface area contributed by atoms with Gasteiger partial charge in [0.2, 0.25) is 0 Å². The van der Waals surface area contributed by atoms with Crippen molar-refractivity contribution in [3.05, 3.63) is 47.2 Å². The molecular formula is C14H14N2O2S. The summed E-state index contributed by atoms with van der Waals surface area (Å²) >= 11 is 1.47. The molecule has 2 aromatic rings. The number of pyridine rings is 1. The molecule has 1 aromatic heterocycles. The summed E-state index contributed by atoms with van der Waals surface area (Å²) in [5.41, 5.74) is 8.21. The molecule has 0 amide bonds. The Bertz CT molecular complexity index is 621. The topological polar surface area (TPSA) is 76.2 Å². The van der Waals surface area contributed by atoms with E-state index >= 15 is 0 Å². The number of aromatic nitrogens is 1. The van der Waals surface area contributed by atoms with Gasteiger partial charge in [-0.2, -0.15) is 0 Å². The van der Waals surface area contributed by atoms with Gasteiger partial charge in [0.25, 0.3) is 0 Å². The number of carbonyl (C=O) groups is 1. The van der Waals surface area contributed by atoms with Crippen LogP contribution < -0.4 is 5.73 Å². The van der Waals surface area contributed by atoms with Crippen LogP contribution in [0.15, 0.2) is 40.3 Å². The summed E-state index contributed by atoms with van der Waals surface area (Å²) in [6.07, 6.45) is 0. The van der Waals surface area contributed by atoms with Gasteiger partial charge in [-0.15, -0.1) is 0 Å². The van der Waals surface area contributed by atoms with Crippen LogP contribution in [0.1, 0.15) is 21.6 Å². The van der Waals surface area contributed by atoms with Crippen molar-refractivity contribution in [3.63, 3.8) is 0 Å². The van der Waals surface area contributed by atoms with Gasteiger partial charge in [0.05, 0.1) is 5.56 Å². The van der Waals surface area contributed by atoms with Crippen LogP contribution in [0.5, 0.6) is 0 Å². The van der Waals surface area contributed by atoms with E-state index in [1.807, 2.05) is 26.0 Å². The highest BCUT2D eigenvalue weighted by atomic mass is 32.2. The van der Waals surface area contributed by atoms with E-state index in [9.17, 15) is 4.79 Å². The first-order chi connectivity index (χ1) is 8.95. The summed E-state index contributed by atoms with van der Waals surface area (Å²) in [5.74, 6) is -1.02. The zero-order valence-electron chi connectivity index (χ0n) is 10.7. The number of nitrogens with zero attached hydrogens (tertiary/aromatic N) is 1. The second kappa shape index (κ2) is 5.32. The molecule has 0 fully saturated rings. The van der Waals surface area contributed by atoms with Crippen molar-refractivity contribution in [3.8, 4) is 0 Å². The van der Waals surface area contributed by atoms with E-state index in [1.165, 1.54) is 17.8 Å². The summed E-state index contributed by atoms with van der Waals surface area (Å²) in [4.78, 5) is 16.2. The molecule has 0 bridgehead atoms. The molecular weight excluding hydrogens is 260 g/mol. The molecule has 3 N–H and O–H groups in total. The molecule has 1 heterocycles. The monoisotopic (exact) mass is 274 g/mol. The van der Waals surface area contributed by atoms with Crippen molar-refractivity contribution in [1.29, 1.82) is 0 Å². The summed E-state index contributed by atoms with van der Waals surface area (Å²) in [6, 6.07) is 8.91. The average molecular weight is 274 g/mol. The Morgan fingerprint density at radius 3 is 2.58 bits per heavy atom. The largest absolute Gasteiger partial charge is 0.478 e. The number of nitrogen functional groups attached to an aromatic ring is 1. The number of anilines is 1. The number of hydrogen-bond acceptors (Lipinski definition) is 4. The van der Waals surface area contributed by atoms with Crippen LogP contribution in [0.2, 0.25) is 0 Å². The summed E-state index contributed by atoms with van der Waals surface area (Å²) < 4.78 is 0. The molecule has 0 saturated carbocycles. The van der Waals surface area contributed by atoms with E-state index in [1.54, 1.807) is 12.1 Å². The lowest BCUT2D eigenvalue weighted by atomic mass is 10.2. The van der Waals surface area contributed by atoms with Crippen molar-refractivity contribution in [2.75, 3.05) is 5.73 Å². The van der Waals surface area contributed by atoms with Gasteiger partial charge < -0.3 is 10.8 Å². The Kier molecular flexibility index (Phi) is 3.76. The van der Waals surface area contributed by atoms with E-state index in [0.717, 1.165) is 21.2 Å². The van der Waals surface area contributed by atoms with Gasteiger partial charge in [0.15, 0.2) is 0 Å². The lowest BCUT2D eigenvalue weighted by molar-refractivity contribution is 0.0698. The Morgan fingerprint density at radius 2 is 2.00 bits per heavy atom. The Balaban J connectivity index is 2.28. The first kappa shape index (κ1) is 13.4. The molecule has 0 spiro atoms. The second-order valence-electron chi connectivity index (χ2n) is 4.28. The number of nitrogens with two attached hydrogens (primary N) is 1. The van der Waals surface area contributed by atoms with Crippen molar-refractivity contribution in [2.45, 2.75) is 23.8 Å². The fourth-order valence-corrected chi connectivity index (χ4v) is 2.77. The van der Waals surface area contributed by atoms with Gasteiger partial charge in [-0.3, -0.25) is 0 Å². The quantitative estimate of drug-likeness (QED) is 0.841. The number of rotatable bonds is 3. The third-order valence-corrected chi connectivity index (χ3v) is 3.46. The van der Waals surface area contributed by atoms with Gasteiger partial charge in [-0.25, -0.2) is 9.78 Å². The molecule has 19 heavy (non-hydrogen) atoms. The van der Waals surface area contributed by atoms with Crippen molar-refractivity contribution >= 4 is 23.4 Å². The minimum atomic E-state index is -1.02.